The van der Waals surface area contributed by atoms with Gasteiger partial charge in [-0.1, -0.05) is 19.0 Å². The van der Waals surface area contributed by atoms with E-state index in [1.807, 2.05) is 13.8 Å². The number of amides is 1. The highest BCUT2D eigenvalue weighted by molar-refractivity contribution is 5.92. The summed E-state index contributed by atoms with van der Waals surface area (Å²) in [7, 11) is 1.56. The average molecular weight is 212 g/mol. The molecule has 0 saturated heterocycles. The standard InChI is InChI=1S/C10H16N2O3/c1-7(2)5-11-10(13)9-4-8(6-14-3)15-12-9/h4,7H,5-6H2,1-3H3,(H,11,13). The van der Waals surface area contributed by atoms with Crippen molar-refractivity contribution in [2.75, 3.05) is 13.7 Å². The number of hydrogen-bond donors (Lipinski definition) is 1. The van der Waals surface area contributed by atoms with Gasteiger partial charge in [-0.05, 0) is 5.92 Å². The molecule has 0 unspecified atom stereocenters. The minimum Gasteiger partial charge on any atom is -0.377 e. The van der Waals surface area contributed by atoms with Crippen molar-refractivity contribution in [3.8, 4) is 0 Å². The van der Waals surface area contributed by atoms with E-state index in [1.165, 1.54) is 0 Å². The Morgan fingerprint density at radius 3 is 3.00 bits per heavy atom. The Kier molecular flexibility index (Phi) is 4.30. The third kappa shape index (κ3) is 3.71. The molecule has 0 atom stereocenters. The van der Waals surface area contributed by atoms with E-state index in [-0.39, 0.29) is 5.91 Å². The zero-order chi connectivity index (χ0) is 11.3. The van der Waals surface area contributed by atoms with Gasteiger partial charge < -0.3 is 14.6 Å². The number of nitrogens with zero attached hydrogens (tertiary/aromatic N) is 1. The molecule has 1 N–H and O–H groups in total. The number of carbonyl (C=O) groups excluding carboxylic acids is 1. The van der Waals surface area contributed by atoms with E-state index in [2.05, 4.69) is 10.5 Å². The summed E-state index contributed by atoms with van der Waals surface area (Å²) in [6, 6.07) is 1.58. The van der Waals surface area contributed by atoms with Crippen molar-refractivity contribution < 1.29 is 14.1 Å². The van der Waals surface area contributed by atoms with Crippen LogP contribution >= 0.6 is 0 Å². The molecule has 0 aliphatic heterocycles. The van der Waals surface area contributed by atoms with E-state index in [4.69, 9.17) is 9.26 Å². The first-order chi connectivity index (χ1) is 7.13. The molecule has 1 aromatic heterocycles. The van der Waals surface area contributed by atoms with Gasteiger partial charge >= 0.3 is 0 Å². The number of carbonyl (C=O) groups is 1. The Morgan fingerprint density at radius 2 is 2.40 bits per heavy atom. The quantitative estimate of drug-likeness (QED) is 0.796. The molecule has 5 nitrogen and oxygen atoms in total. The number of rotatable bonds is 5. The lowest BCUT2D eigenvalue weighted by molar-refractivity contribution is 0.0939. The van der Waals surface area contributed by atoms with Crippen LogP contribution in [0.25, 0.3) is 0 Å². The predicted molar refractivity (Wildman–Crippen MR) is 54.4 cm³/mol. The number of hydrogen-bond acceptors (Lipinski definition) is 4. The van der Waals surface area contributed by atoms with Gasteiger partial charge in [0.15, 0.2) is 11.5 Å². The molecule has 0 aliphatic carbocycles. The predicted octanol–water partition coefficient (Wildman–Crippen LogP) is 1.21. The van der Waals surface area contributed by atoms with Crippen LogP contribution in [-0.4, -0.2) is 24.7 Å². The molecular weight excluding hydrogens is 196 g/mol. The van der Waals surface area contributed by atoms with Crippen molar-refractivity contribution in [2.24, 2.45) is 5.92 Å². The van der Waals surface area contributed by atoms with Crippen LogP contribution in [0.1, 0.15) is 30.1 Å². The van der Waals surface area contributed by atoms with Crippen LogP contribution in [0.4, 0.5) is 0 Å². The molecule has 5 heteroatoms. The summed E-state index contributed by atoms with van der Waals surface area (Å²) in [6.07, 6.45) is 0. The monoisotopic (exact) mass is 212 g/mol. The fraction of sp³-hybridized carbons (Fsp3) is 0.600. The van der Waals surface area contributed by atoms with E-state index < -0.39 is 0 Å². The normalized spacial score (nSPS) is 10.7. The molecule has 0 aliphatic rings. The highest BCUT2D eigenvalue weighted by Gasteiger charge is 2.12. The molecule has 0 aromatic carbocycles. The van der Waals surface area contributed by atoms with Gasteiger partial charge in [0.1, 0.15) is 6.61 Å². The van der Waals surface area contributed by atoms with Crippen LogP contribution in [0.5, 0.6) is 0 Å². The van der Waals surface area contributed by atoms with Gasteiger partial charge in [0.05, 0.1) is 0 Å². The largest absolute Gasteiger partial charge is 0.377 e. The minimum atomic E-state index is -0.213. The second-order valence-corrected chi connectivity index (χ2v) is 3.72. The third-order valence-corrected chi connectivity index (χ3v) is 1.75. The van der Waals surface area contributed by atoms with Crippen LogP contribution < -0.4 is 5.32 Å². The molecule has 0 fully saturated rings. The molecule has 0 radical (unpaired) electrons. The van der Waals surface area contributed by atoms with Gasteiger partial charge in [-0.2, -0.15) is 0 Å². The van der Waals surface area contributed by atoms with Gasteiger partial charge in [0.25, 0.3) is 5.91 Å². The lowest BCUT2D eigenvalue weighted by atomic mass is 10.2. The molecule has 84 valence electrons. The van der Waals surface area contributed by atoms with Crippen molar-refractivity contribution in [3.63, 3.8) is 0 Å². The third-order valence-electron chi connectivity index (χ3n) is 1.75. The summed E-state index contributed by atoms with van der Waals surface area (Å²) < 4.78 is 9.75. The smallest absolute Gasteiger partial charge is 0.273 e. The van der Waals surface area contributed by atoms with Gasteiger partial charge in [-0.3, -0.25) is 4.79 Å². The van der Waals surface area contributed by atoms with E-state index in [0.29, 0.717) is 30.5 Å². The fourth-order valence-electron chi connectivity index (χ4n) is 1.02. The zero-order valence-electron chi connectivity index (χ0n) is 9.24. The molecule has 1 rings (SSSR count). The molecule has 1 aromatic rings. The van der Waals surface area contributed by atoms with Crippen molar-refractivity contribution in [2.45, 2.75) is 20.5 Å². The van der Waals surface area contributed by atoms with Crippen LogP contribution in [0.15, 0.2) is 10.6 Å². The summed E-state index contributed by atoms with van der Waals surface area (Å²) in [5.74, 6) is 0.751. The number of nitrogens with one attached hydrogen (secondary N) is 1. The van der Waals surface area contributed by atoms with E-state index in [9.17, 15) is 4.79 Å². The number of methoxy groups -OCH3 is 1. The van der Waals surface area contributed by atoms with Crippen LogP contribution in [0.2, 0.25) is 0 Å². The Hall–Kier alpha value is -1.36. The van der Waals surface area contributed by atoms with Crippen LogP contribution in [0, 0.1) is 5.92 Å². The summed E-state index contributed by atoms with van der Waals surface area (Å²) in [4.78, 5) is 11.5. The summed E-state index contributed by atoms with van der Waals surface area (Å²) in [5, 5.41) is 6.40. The lowest BCUT2D eigenvalue weighted by Crippen LogP contribution is -2.27. The molecule has 1 heterocycles. The average Bonchev–Trinajstić information content (AvgIpc) is 2.63. The topological polar surface area (TPSA) is 64.4 Å². The Balaban J connectivity index is 2.50. The summed E-state index contributed by atoms with van der Waals surface area (Å²) >= 11 is 0. The molecule has 0 spiro atoms. The molecule has 1 amide bonds. The van der Waals surface area contributed by atoms with Crippen LogP contribution in [-0.2, 0) is 11.3 Å². The van der Waals surface area contributed by atoms with E-state index in [0.717, 1.165) is 0 Å². The molecular formula is C10H16N2O3. The Bertz CT molecular complexity index is 320. The number of ether oxygens (including phenoxy) is 1. The zero-order valence-corrected chi connectivity index (χ0v) is 9.24. The van der Waals surface area contributed by atoms with Crippen molar-refractivity contribution in [1.82, 2.24) is 10.5 Å². The first-order valence-electron chi connectivity index (χ1n) is 4.86. The lowest BCUT2D eigenvalue weighted by Gasteiger charge is -2.04. The molecule has 0 bridgehead atoms. The highest BCUT2D eigenvalue weighted by atomic mass is 16.5. The van der Waals surface area contributed by atoms with Gasteiger partial charge in [-0.25, -0.2) is 0 Å². The second-order valence-electron chi connectivity index (χ2n) is 3.72. The maximum atomic E-state index is 11.5. The highest BCUT2D eigenvalue weighted by Crippen LogP contribution is 2.04. The van der Waals surface area contributed by atoms with Gasteiger partial charge in [0, 0.05) is 19.7 Å². The Labute approximate surface area is 88.8 Å². The molecule has 15 heavy (non-hydrogen) atoms. The van der Waals surface area contributed by atoms with Crippen LogP contribution in [0.3, 0.4) is 0 Å². The minimum absolute atomic E-state index is 0.213. The SMILES string of the molecule is COCc1cc(C(=O)NCC(C)C)no1. The summed E-state index contributed by atoms with van der Waals surface area (Å²) in [5.41, 5.74) is 0.294. The maximum absolute atomic E-state index is 11.5. The van der Waals surface area contributed by atoms with Crippen molar-refractivity contribution in [3.05, 3.63) is 17.5 Å². The van der Waals surface area contributed by atoms with E-state index in [1.54, 1.807) is 13.2 Å². The maximum Gasteiger partial charge on any atom is 0.273 e. The van der Waals surface area contributed by atoms with Gasteiger partial charge in [-0.15, -0.1) is 0 Å². The van der Waals surface area contributed by atoms with Crippen molar-refractivity contribution in [1.29, 1.82) is 0 Å². The van der Waals surface area contributed by atoms with E-state index >= 15 is 0 Å². The first kappa shape index (κ1) is 11.7. The Morgan fingerprint density at radius 1 is 1.67 bits per heavy atom. The second kappa shape index (κ2) is 5.50. The summed E-state index contributed by atoms with van der Waals surface area (Å²) in [6.45, 7) is 5.01. The molecule has 0 saturated carbocycles. The fourth-order valence-corrected chi connectivity index (χ4v) is 1.02. The number of aromatic nitrogens is 1. The first-order valence-corrected chi connectivity index (χ1v) is 4.86. The van der Waals surface area contributed by atoms with Crippen molar-refractivity contribution >= 4 is 5.91 Å². The van der Waals surface area contributed by atoms with Gasteiger partial charge in [0.2, 0.25) is 0 Å².